The van der Waals surface area contributed by atoms with Crippen LogP contribution in [0.2, 0.25) is 0 Å². The molecule has 3 aromatic rings. The van der Waals surface area contributed by atoms with Crippen molar-refractivity contribution in [3.63, 3.8) is 0 Å². The molecule has 7 nitrogen and oxygen atoms in total. The summed E-state index contributed by atoms with van der Waals surface area (Å²) in [6, 6.07) is 11.7. The van der Waals surface area contributed by atoms with Crippen molar-refractivity contribution in [2.24, 2.45) is 0 Å². The van der Waals surface area contributed by atoms with Gasteiger partial charge in [-0.15, -0.1) is 0 Å². The zero-order chi connectivity index (χ0) is 19.6. The molecule has 29 heavy (non-hydrogen) atoms. The molecule has 5 rings (SSSR count). The van der Waals surface area contributed by atoms with Gasteiger partial charge < -0.3 is 14.7 Å². The summed E-state index contributed by atoms with van der Waals surface area (Å²) in [6.45, 7) is 4.99. The van der Waals surface area contributed by atoms with Gasteiger partial charge in [0, 0.05) is 56.4 Å². The molecule has 1 aromatic carbocycles. The van der Waals surface area contributed by atoms with Crippen LogP contribution < -0.4 is 9.80 Å². The van der Waals surface area contributed by atoms with E-state index in [-0.39, 0.29) is 5.91 Å². The minimum Gasteiger partial charge on any atom is -0.356 e. The van der Waals surface area contributed by atoms with E-state index in [1.165, 1.54) is 12.8 Å². The summed E-state index contributed by atoms with van der Waals surface area (Å²) in [5.74, 6) is 1.99. The second kappa shape index (κ2) is 7.66. The van der Waals surface area contributed by atoms with E-state index in [0.29, 0.717) is 18.7 Å². The molecule has 1 amide bonds. The molecule has 0 unspecified atom stereocenters. The first-order valence-electron chi connectivity index (χ1n) is 10.2. The molecule has 0 spiro atoms. The van der Waals surface area contributed by atoms with Gasteiger partial charge in [0.15, 0.2) is 0 Å². The number of fused-ring (bicyclic) bond motifs is 1. The Morgan fingerprint density at radius 1 is 0.828 bits per heavy atom. The molecule has 0 aliphatic carbocycles. The van der Waals surface area contributed by atoms with E-state index in [0.717, 1.165) is 48.7 Å². The average molecular weight is 388 g/mol. The fraction of sp³-hybridized carbons (Fsp3) is 0.364. The van der Waals surface area contributed by atoms with Crippen LogP contribution in [0.3, 0.4) is 0 Å². The molecule has 2 aromatic heterocycles. The number of amides is 1. The smallest absolute Gasteiger partial charge is 0.254 e. The number of carbonyl (C=O) groups is 1. The molecular formula is C22H24N6O. The van der Waals surface area contributed by atoms with Crippen LogP contribution in [0.15, 0.2) is 48.9 Å². The number of hydrogen-bond acceptors (Lipinski definition) is 6. The van der Waals surface area contributed by atoms with Gasteiger partial charge in [0.1, 0.15) is 18.0 Å². The largest absolute Gasteiger partial charge is 0.356 e. The SMILES string of the molecule is O=C(c1ccc2ncnc(N3CCCC3)c2c1)N1CCN(c2ccccn2)CC1. The number of pyridine rings is 1. The van der Waals surface area contributed by atoms with Crippen LogP contribution in [0.4, 0.5) is 11.6 Å². The molecular weight excluding hydrogens is 364 g/mol. The molecule has 0 atom stereocenters. The number of rotatable bonds is 3. The van der Waals surface area contributed by atoms with Crippen molar-refractivity contribution in [3.8, 4) is 0 Å². The molecule has 0 saturated carbocycles. The number of aromatic nitrogens is 3. The van der Waals surface area contributed by atoms with Crippen LogP contribution in [-0.4, -0.2) is 65.0 Å². The van der Waals surface area contributed by atoms with Crippen molar-refractivity contribution >= 4 is 28.4 Å². The van der Waals surface area contributed by atoms with Crippen LogP contribution in [0.5, 0.6) is 0 Å². The normalized spacial score (nSPS) is 17.2. The highest BCUT2D eigenvalue weighted by Crippen LogP contribution is 2.27. The summed E-state index contributed by atoms with van der Waals surface area (Å²) < 4.78 is 0. The first kappa shape index (κ1) is 17.8. The minimum atomic E-state index is 0.0730. The van der Waals surface area contributed by atoms with Gasteiger partial charge in [0.05, 0.1) is 5.52 Å². The molecule has 0 radical (unpaired) electrons. The third kappa shape index (κ3) is 3.48. The van der Waals surface area contributed by atoms with Gasteiger partial charge in [-0.1, -0.05) is 6.07 Å². The van der Waals surface area contributed by atoms with Crippen LogP contribution >= 0.6 is 0 Å². The highest BCUT2D eigenvalue weighted by Gasteiger charge is 2.24. The summed E-state index contributed by atoms with van der Waals surface area (Å²) in [7, 11) is 0. The van der Waals surface area contributed by atoms with Crippen molar-refractivity contribution in [2.75, 3.05) is 49.1 Å². The van der Waals surface area contributed by atoms with E-state index in [9.17, 15) is 4.79 Å². The standard InChI is InChI=1S/C22H24N6O/c29-22(28-13-11-26(12-14-28)20-5-1-2-8-23-20)17-6-7-19-18(15-17)21(25-16-24-19)27-9-3-4-10-27/h1-2,5-8,15-16H,3-4,9-14H2. The number of nitrogens with zero attached hydrogens (tertiary/aromatic N) is 6. The maximum Gasteiger partial charge on any atom is 0.254 e. The van der Waals surface area contributed by atoms with Gasteiger partial charge in [-0.25, -0.2) is 15.0 Å². The van der Waals surface area contributed by atoms with Gasteiger partial charge in [0.2, 0.25) is 0 Å². The third-order valence-electron chi connectivity index (χ3n) is 5.81. The van der Waals surface area contributed by atoms with E-state index < -0.39 is 0 Å². The summed E-state index contributed by atoms with van der Waals surface area (Å²) in [5.41, 5.74) is 1.59. The second-order valence-corrected chi connectivity index (χ2v) is 7.59. The van der Waals surface area contributed by atoms with Gasteiger partial charge in [-0.3, -0.25) is 4.79 Å². The molecule has 0 bridgehead atoms. The Bertz CT molecular complexity index is 1010. The van der Waals surface area contributed by atoms with Crippen LogP contribution in [-0.2, 0) is 0 Å². The maximum atomic E-state index is 13.2. The zero-order valence-electron chi connectivity index (χ0n) is 16.4. The Balaban J connectivity index is 1.35. The lowest BCUT2D eigenvalue weighted by Gasteiger charge is -2.35. The number of benzene rings is 1. The van der Waals surface area contributed by atoms with Crippen molar-refractivity contribution in [2.45, 2.75) is 12.8 Å². The Hall–Kier alpha value is -3.22. The molecule has 2 saturated heterocycles. The average Bonchev–Trinajstić information content (AvgIpc) is 3.33. The topological polar surface area (TPSA) is 65.5 Å². The Kier molecular flexibility index (Phi) is 4.71. The fourth-order valence-corrected chi connectivity index (χ4v) is 4.22. The lowest BCUT2D eigenvalue weighted by atomic mass is 10.1. The Morgan fingerprint density at radius 3 is 2.41 bits per heavy atom. The predicted molar refractivity (Wildman–Crippen MR) is 113 cm³/mol. The molecule has 2 fully saturated rings. The first-order chi connectivity index (χ1) is 14.3. The number of piperazine rings is 1. The van der Waals surface area contributed by atoms with E-state index in [2.05, 4.69) is 24.8 Å². The lowest BCUT2D eigenvalue weighted by Crippen LogP contribution is -2.49. The van der Waals surface area contributed by atoms with Crippen molar-refractivity contribution in [1.82, 2.24) is 19.9 Å². The molecule has 4 heterocycles. The summed E-state index contributed by atoms with van der Waals surface area (Å²) in [5, 5.41) is 0.965. The van der Waals surface area contributed by atoms with Crippen molar-refractivity contribution in [3.05, 3.63) is 54.5 Å². The molecule has 0 N–H and O–H groups in total. The van der Waals surface area contributed by atoms with E-state index in [1.54, 1.807) is 6.33 Å². The van der Waals surface area contributed by atoms with Gasteiger partial charge in [-0.2, -0.15) is 0 Å². The second-order valence-electron chi connectivity index (χ2n) is 7.59. The van der Waals surface area contributed by atoms with Crippen LogP contribution in [0, 0.1) is 0 Å². The fourth-order valence-electron chi connectivity index (χ4n) is 4.22. The monoisotopic (exact) mass is 388 g/mol. The molecule has 2 aliphatic rings. The lowest BCUT2D eigenvalue weighted by molar-refractivity contribution is 0.0746. The minimum absolute atomic E-state index is 0.0730. The number of hydrogen-bond donors (Lipinski definition) is 0. The highest BCUT2D eigenvalue weighted by atomic mass is 16.2. The Labute approximate surface area is 170 Å². The Morgan fingerprint density at radius 2 is 1.66 bits per heavy atom. The van der Waals surface area contributed by atoms with E-state index >= 15 is 0 Å². The zero-order valence-corrected chi connectivity index (χ0v) is 16.4. The molecule has 2 aliphatic heterocycles. The molecule has 7 heteroatoms. The summed E-state index contributed by atoms with van der Waals surface area (Å²) in [4.78, 5) is 32.9. The van der Waals surface area contributed by atoms with Crippen LogP contribution in [0.25, 0.3) is 10.9 Å². The van der Waals surface area contributed by atoms with Crippen molar-refractivity contribution < 1.29 is 4.79 Å². The highest BCUT2D eigenvalue weighted by molar-refractivity contribution is 6.00. The first-order valence-corrected chi connectivity index (χ1v) is 10.2. The maximum absolute atomic E-state index is 13.2. The summed E-state index contributed by atoms with van der Waals surface area (Å²) >= 11 is 0. The van der Waals surface area contributed by atoms with Gasteiger partial charge >= 0.3 is 0 Å². The number of carbonyl (C=O) groups excluding carboxylic acids is 1. The summed E-state index contributed by atoms with van der Waals surface area (Å²) in [6.07, 6.45) is 5.80. The predicted octanol–water partition coefficient (Wildman–Crippen LogP) is 2.59. The van der Waals surface area contributed by atoms with E-state index in [1.807, 2.05) is 47.5 Å². The van der Waals surface area contributed by atoms with Gasteiger partial charge in [0.25, 0.3) is 5.91 Å². The molecule has 148 valence electrons. The van der Waals surface area contributed by atoms with Crippen molar-refractivity contribution in [1.29, 1.82) is 0 Å². The van der Waals surface area contributed by atoms with Crippen LogP contribution in [0.1, 0.15) is 23.2 Å². The van der Waals surface area contributed by atoms with E-state index in [4.69, 9.17) is 0 Å². The van der Waals surface area contributed by atoms with Gasteiger partial charge in [-0.05, 0) is 43.2 Å². The third-order valence-corrected chi connectivity index (χ3v) is 5.81. The number of anilines is 2. The quantitative estimate of drug-likeness (QED) is 0.687.